The molecule has 7 heteroatoms. The van der Waals surface area contributed by atoms with Gasteiger partial charge in [-0.3, -0.25) is 14.9 Å². The first-order chi connectivity index (χ1) is 7.29. The molecular weight excluding hydrogens is 218 g/mol. The van der Waals surface area contributed by atoms with Gasteiger partial charge in [-0.15, -0.1) is 0 Å². The van der Waals surface area contributed by atoms with Crippen LogP contribution in [0.5, 0.6) is 0 Å². The van der Waals surface area contributed by atoms with Gasteiger partial charge < -0.3 is 10.2 Å². The molecule has 0 aliphatic heterocycles. The molecule has 0 spiro atoms. The van der Waals surface area contributed by atoms with Gasteiger partial charge in [0.2, 0.25) is 0 Å². The zero-order valence-electron chi connectivity index (χ0n) is 8.28. The molecule has 0 amide bonds. The Labute approximate surface area is 89.8 Å². The minimum absolute atomic E-state index is 0.281. The fourth-order valence-corrected chi connectivity index (χ4v) is 1.48. The van der Waals surface area contributed by atoms with Crippen molar-refractivity contribution in [2.24, 2.45) is 5.92 Å². The summed E-state index contributed by atoms with van der Waals surface area (Å²) in [7, 11) is 0. The van der Waals surface area contributed by atoms with Gasteiger partial charge >= 0.3 is 11.9 Å². The second-order valence-corrected chi connectivity index (χ2v) is 3.56. The van der Waals surface area contributed by atoms with Crippen molar-refractivity contribution in [1.82, 2.24) is 0 Å². The maximum Gasteiger partial charge on any atom is 0.335 e. The van der Waals surface area contributed by atoms with Crippen LogP contribution in [0, 0.1) is 16.0 Å². The summed E-state index contributed by atoms with van der Waals surface area (Å²) in [5.74, 6) is -4.06. The summed E-state index contributed by atoms with van der Waals surface area (Å²) < 4.78 is 0. The first kappa shape index (κ1) is 11.9. The number of carbonyl (C=O) groups is 2. The topological polar surface area (TPSA) is 118 Å². The lowest BCUT2D eigenvalue weighted by Gasteiger charge is -2.24. The Kier molecular flexibility index (Phi) is 2.80. The number of carboxylic acid groups (broad SMARTS) is 2. The van der Waals surface area contributed by atoms with E-state index in [1.165, 1.54) is 0 Å². The van der Waals surface area contributed by atoms with Gasteiger partial charge in [0, 0.05) is 17.9 Å². The normalized spacial score (nSPS) is 28.3. The summed E-state index contributed by atoms with van der Waals surface area (Å²) in [4.78, 5) is 31.5. The van der Waals surface area contributed by atoms with Crippen LogP contribution in [0.25, 0.3) is 0 Å². The van der Waals surface area contributed by atoms with Crippen LogP contribution >= 0.6 is 0 Å². The molecule has 0 saturated heterocycles. The Hall–Kier alpha value is -2.18. The molecule has 2 N–H and O–H groups in total. The average molecular weight is 227 g/mol. The van der Waals surface area contributed by atoms with Crippen LogP contribution in [0.4, 0.5) is 0 Å². The zero-order valence-corrected chi connectivity index (χ0v) is 8.28. The van der Waals surface area contributed by atoms with E-state index in [4.69, 9.17) is 10.2 Å². The Morgan fingerprint density at radius 3 is 2.44 bits per heavy atom. The Morgan fingerprint density at radius 1 is 1.50 bits per heavy atom. The summed E-state index contributed by atoms with van der Waals surface area (Å²) in [5, 5.41) is 28.3. The summed E-state index contributed by atoms with van der Waals surface area (Å²) in [5.41, 5.74) is -2.22. The van der Waals surface area contributed by atoms with E-state index in [-0.39, 0.29) is 5.57 Å². The predicted octanol–water partition coefficient (Wildman–Crippen LogP) is 0.303. The van der Waals surface area contributed by atoms with Gasteiger partial charge in [-0.25, -0.2) is 4.79 Å². The number of nitro groups is 1. The summed E-state index contributed by atoms with van der Waals surface area (Å²) in [6.07, 6.45) is 2.94. The lowest BCUT2D eigenvalue weighted by molar-refractivity contribution is -0.556. The van der Waals surface area contributed by atoms with Crippen molar-refractivity contribution >= 4 is 11.9 Å². The van der Waals surface area contributed by atoms with E-state index in [0.29, 0.717) is 0 Å². The van der Waals surface area contributed by atoms with Crippen molar-refractivity contribution < 1.29 is 24.7 Å². The Balaban J connectivity index is 3.26. The van der Waals surface area contributed by atoms with Crippen LogP contribution in [0.15, 0.2) is 23.8 Å². The van der Waals surface area contributed by atoms with Crippen LogP contribution in [0.2, 0.25) is 0 Å². The highest BCUT2D eigenvalue weighted by Crippen LogP contribution is 2.30. The quantitative estimate of drug-likeness (QED) is 0.529. The molecule has 2 atom stereocenters. The molecule has 0 bridgehead atoms. The van der Waals surface area contributed by atoms with E-state index in [0.717, 1.165) is 25.2 Å². The van der Waals surface area contributed by atoms with E-state index in [9.17, 15) is 19.7 Å². The number of hydrogen-bond acceptors (Lipinski definition) is 4. The van der Waals surface area contributed by atoms with E-state index < -0.39 is 28.3 Å². The van der Waals surface area contributed by atoms with Crippen LogP contribution in [-0.2, 0) is 9.59 Å². The molecule has 1 rings (SSSR count). The van der Waals surface area contributed by atoms with Gasteiger partial charge in [-0.2, -0.15) is 0 Å². The molecule has 0 heterocycles. The van der Waals surface area contributed by atoms with E-state index >= 15 is 0 Å². The van der Waals surface area contributed by atoms with Crippen molar-refractivity contribution in [3.63, 3.8) is 0 Å². The number of nitrogens with zero attached hydrogens (tertiary/aromatic N) is 1. The van der Waals surface area contributed by atoms with Crippen LogP contribution in [-0.4, -0.2) is 32.6 Å². The molecular formula is C9H9NO6. The molecule has 7 nitrogen and oxygen atoms in total. The van der Waals surface area contributed by atoms with Gasteiger partial charge in [0.25, 0.3) is 5.54 Å². The molecule has 16 heavy (non-hydrogen) atoms. The lowest BCUT2D eigenvalue weighted by Crippen LogP contribution is -2.45. The van der Waals surface area contributed by atoms with Crippen LogP contribution in [0.3, 0.4) is 0 Å². The molecule has 0 aromatic heterocycles. The third-order valence-corrected chi connectivity index (χ3v) is 2.45. The maximum atomic E-state index is 10.8. The number of carboxylic acids is 2. The van der Waals surface area contributed by atoms with Crippen molar-refractivity contribution in [2.75, 3.05) is 0 Å². The zero-order chi connectivity index (χ0) is 12.5. The first-order valence-electron chi connectivity index (χ1n) is 4.30. The highest BCUT2D eigenvalue weighted by molar-refractivity contribution is 5.91. The monoisotopic (exact) mass is 227 g/mol. The number of aliphatic carboxylic acids is 2. The van der Waals surface area contributed by atoms with E-state index in [1.54, 1.807) is 0 Å². The molecule has 0 aromatic rings. The SMILES string of the molecule is CC1([N+](=O)[O-])C=C(C(=O)O)C=CC1C(=O)O. The lowest BCUT2D eigenvalue weighted by atomic mass is 9.80. The van der Waals surface area contributed by atoms with Crippen molar-refractivity contribution in [3.8, 4) is 0 Å². The largest absolute Gasteiger partial charge is 0.481 e. The fourth-order valence-electron chi connectivity index (χ4n) is 1.48. The second-order valence-electron chi connectivity index (χ2n) is 3.56. The van der Waals surface area contributed by atoms with Crippen molar-refractivity contribution in [2.45, 2.75) is 12.5 Å². The van der Waals surface area contributed by atoms with Gasteiger partial charge in [0.15, 0.2) is 0 Å². The number of rotatable bonds is 3. The first-order valence-corrected chi connectivity index (χ1v) is 4.30. The molecule has 1 aliphatic rings. The van der Waals surface area contributed by atoms with Crippen molar-refractivity contribution in [3.05, 3.63) is 33.9 Å². The minimum atomic E-state index is -1.94. The standard InChI is InChI=1S/C9H9NO6/c1-9(10(15)16)4-5(7(11)12)2-3-6(9)8(13)14/h2-4,6H,1H3,(H,11,12)(H,13,14). The smallest absolute Gasteiger partial charge is 0.335 e. The number of hydrogen-bond donors (Lipinski definition) is 2. The fraction of sp³-hybridized carbons (Fsp3) is 0.333. The molecule has 0 fully saturated rings. The van der Waals surface area contributed by atoms with Gasteiger partial charge in [0.1, 0.15) is 5.92 Å². The molecule has 2 unspecified atom stereocenters. The average Bonchev–Trinajstić information content (AvgIpc) is 2.16. The van der Waals surface area contributed by atoms with E-state index in [2.05, 4.69) is 0 Å². The Morgan fingerprint density at radius 2 is 2.06 bits per heavy atom. The molecule has 0 saturated carbocycles. The van der Waals surface area contributed by atoms with E-state index in [1.807, 2.05) is 0 Å². The molecule has 86 valence electrons. The Bertz CT molecular complexity index is 424. The summed E-state index contributed by atoms with van der Waals surface area (Å²) in [6, 6.07) is 0. The van der Waals surface area contributed by atoms with Crippen LogP contribution < -0.4 is 0 Å². The molecule has 1 aliphatic carbocycles. The van der Waals surface area contributed by atoms with Gasteiger partial charge in [-0.1, -0.05) is 12.2 Å². The molecule has 0 radical (unpaired) electrons. The highest BCUT2D eigenvalue weighted by Gasteiger charge is 2.49. The van der Waals surface area contributed by atoms with Crippen LogP contribution in [0.1, 0.15) is 6.92 Å². The summed E-state index contributed by atoms with van der Waals surface area (Å²) >= 11 is 0. The van der Waals surface area contributed by atoms with Gasteiger partial charge in [-0.05, 0) is 0 Å². The van der Waals surface area contributed by atoms with Gasteiger partial charge in [0.05, 0.1) is 5.57 Å². The highest BCUT2D eigenvalue weighted by atomic mass is 16.6. The minimum Gasteiger partial charge on any atom is -0.481 e. The third kappa shape index (κ3) is 1.79. The predicted molar refractivity (Wildman–Crippen MR) is 51.4 cm³/mol. The second kappa shape index (κ2) is 3.76. The third-order valence-electron chi connectivity index (χ3n) is 2.45. The maximum absolute atomic E-state index is 10.8. The summed E-state index contributed by atoms with van der Waals surface area (Å²) in [6.45, 7) is 1.08. The molecule has 0 aromatic carbocycles. The van der Waals surface area contributed by atoms with Crippen molar-refractivity contribution in [1.29, 1.82) is 0 Å².